The fraction of sp³-hybridized carbons (Fsp3) is 0.417. The number of sulfonamides is 1. The molecule has 0 aromatic heterocycles. The van der Waals surface area contributed by atoms with E-state index in [2.05, 4.69) is 14.9 Å². The topological polar surface area (TPSA) is 98.8 Å². The molecule has 2 aromatic rings. The number of nitrogens with zero attached hydrogens (tertiary/aromatic N) is 2. The second-order valence-corrected chi connectivity index (χ2v) is 10.5. The quantitative estimate of drug-likeness (QED) is 0.617. The van der Waals surface area contributed by atoms with Crippen molar-refractivity contribution in [2.75, 3.05) is 38.0 Å². The summed E-state index contributed by atoms with van der Waals surface area (Å²) in [7, 11) is -3.70. The van der Waals surface area contributed by atoms with Crippen LogP contribution in [0.5, 0.6) is 0 Å². The molecule has 176 valence electrons. The van der Waals surface area contributed by atoms with Crippen LogP contribution in [0.2, 0.25) is 0 Å². The minimum absolute atomic E-state index is 0.0208. The number of carbonyl (C=O) groups is 2. The molecule has 8 nitrogen and oxygen atoms in total. The van der Waals surface area contributed by atoms with Crippen LogP contribution in [0.1, 0.15) is 35.7 Å². The van der Waals surface area contributed by atoms with E-state index in [1.807, 2.05) is 4.90 Å². The molecule has 1 heterocycles. The molecule has 0 unspecified atom stereocenters. The van der Waals surface area contributed by atoms with E-state index in [1.54, 1.807) is 36.4 Å². The van der Waals surface area contributed by atoms with Gasteiger partial charge in [-0.1, -0.05) is 12.1 Å². The van der Waals surface area contributed by atoms with Crippen LogP contribution in [0, 0.1) is 5.92 Å². The van der Waals surface area contributed by atoms with Gasteiger partial charge in [0.25, 0.3) is 5.91 Å². The van der Waals surface area contributed by atoms with Gasteiger partial charge < -0.3 is 10.2 Å². The first-order chi connectivity index (χ1) is 15.8. The highest BCUT2D eigenvalue weighted by Crippen LogP contribution is 2.30. The standard InChI is InChI=1S/C24H30N4O4S/c1-18(29)26-22-8-10-23(11-9-22)33(31,32)25-16-19-4-6-21(7-5-19)24(30)28-14-12-27(13-15-28)17-20-2-3-20/h4-11,20,25H,2-3,12-17H2,1H3,(H,26,29). The van der Waals surface area contributed by atoms with Gasteiger partial charge in [-0.3, -0.25) is 14.5 Å². The Bertz CT molecular complexity index is 1090. The SMILES string of the molecule is CC(=O)Nc1ccc(S(=O)(=O)NCc2ccc(C(=O)N3CCN(CC4CC4)CC3)cc2)cc1. The Labute approximate surface area is 195 Å². The monoisotopic (exact) mass is 470 g/mol. The van der Waals surface area contributed by atoms with E-state index < -0.39 is 10.0 Å². The van der Waals surface area contributed by atoms with Gasteiger partial charge in [-0.15, -0.1) is 0 Å². The summed E-state index contributed by atoms with van der Waals surface area (Å²) in [5.74, 6) is 0.661. The average Bonchev–Trinajstić information content (AvgIpc) is 3.62. The molecular formula is C24H30N4O4S. The lowest BCUT2D eigenvalue weighted by molar-refractivity contribution is -0.114. The Hall–Kier alpha value is -2.75. The van der Waals surface area contributed by atoms with Gasteiger partial charge in [0.15, 0.2) is 0 Å². The third kappa shape index (κ3) is 6.40. The first-order valence-electron chi connectivity index (χ1n) is 11.3. The second-order valence-electron chi connectivity index (χ2n) is 8.76. The molecular weight excluding hydrogens is 440 g/mol. The van der Waals surface area contributed by atoms with Crippen molar-refractivity contribution >= 4 is 27.5 Å². The van der Waals surface area contributed by atoms with Gasteiger partial charge in [0.05, 0.1) is 4.90 Å². The molecule has 2 aromatic carbocycles. The summed E-state index contributed by atoms with van der Waals surface area (Å²) in [6.07, 6.45) is 2.68. The highest BCUT2D eigenvalue weighted by Gasteiger charge is 2.28. The van der Waals surface area contributed by atoms with E-state index >= 15 is 0 Å². The van der Waals surface area contributed by atoms with Crippen LogP contribution in [-0.2, 0) is 21.4 Å². The fourth-order valence-electron chi connectivity index (χ4n) is 3.93. The van der Waals surface area contributed by atoms with Crippen molar-refractivity contribution in [2.45, 2.75) is 31.2 Å². The van der Waals surface area contributed by atoms with Gasteiger partial charge >= 0.3 is 0 Å². The van der Waals surface area contributed by atoms with Gasteiger partial charge in [-0.25, -0.2) is 13.1 Å². The van der Waals surface area contributed by atoms with Gasteiger partial charge in [-0.2, -0.15) is 0 Å². The minimum Gasteiger partial charge on any atom is -0.336 e. The molecule has 1 aliphatic carbocycles. The van der Waals surface area contributed by atoms with Gasteiger partial charge in [0.1, 0.15) is 0 Å². The lowest BCUT2D eigenvalue weighted by Gasteiger charge is -2.34. The number of hydrogen-bond donors (Lipinski definition) is 2. The van der Waals surface area contributed by atoms with Crippen LogP contribution in [0.3, 0.4) is 0 Å². The van der Waals surface area contributed by atoms with Gasteiger partial charge in [0, 0.05) is 57.4 Å². The van der Waals surface area contributed by atoms with Crippen molar-refractivity contribution in [3.8, 4) is 0 Å². The molecule has 4 rings (SSSR count). The highest BCUT2D eigenvalue weighted by molar-refractivity contribution is 7.89. The number of benzene rings is 2. The number of amides is 2. The third-order valence-electron chi connectivity index (χ3n) is 6.03. The summed E-state index contributed by atoms with van der Waals surface area (Å²) in [6, 6.07) is 13.0. The Morgan fingerprint density at radius 3 is 2.15 bits per heavy atom. The lowest BCUT2D eigenvalue weighted by Crippen LogP contribution is -2.49. The molecule has 0 spiro atoms. The molecule has 2 amide bonds. The number of piperazine rings is 1. The van der Waals surface area contributed by atoms with Crippen molar-refractivity contribution in [3.05, 3.63) is 59.7 Å². The normalized spacial score (nSPS) is 17.1. The van der Waals surface area contributed by atoms with Gasteiger partial charge in [0.2, 0.25) is 15.9 Å². The van der Waals surface area contributed by atoms with Crippen LogP contribution < -0.4 is 10.0 Å². The van der Waals surface area contributed by atoms with E-state index in [0.29, 0.717) is 11.3 Å². The molecule has 0 radical (unpaired) electrons. The maximum Gasteiger partial charge on any atom is 0.253 e. The summed E-state index contributed by atoms with van der Waals surface area (Å²) in [5, 5.41) is 2.60. The molecule has 2 aliphatic rings. The molecule has 1 saturated heterocycles. The molecule has 0 atom stereocenters. The van der Waals surface area contributed by atoms with Crippen molar-refractivity contribution in [2.24, 2.45) is 5.92 Å². The van der Waals surface area contributed by atoms with Crippen molar-refractivity contribution in [3.63, 3.8) is 0 Å². The van der Waals surface area contributed by atoms with Crippen LogP contribution in [0.4, 0.5) is 5.69 Å². The first-order valence-corrected chi connectivity index (χ1v) is 12.8. The average molecular weight is 471 g/mol. The fourth-order valence-corrected chi connectivity index (χ4v) is 4.95. The number of hydrogen-bond acceptors (Lipinski definition) is 5. The van der Waals surface area contributed by atoms with Crippen molar-refractivity contribution in [1.29, 1.82) is 0 Å². The molecule has 0 bridgehead atoms. The van der Waals surface area contributed by atoms with Crippen LogP contribution in [0.15, 0.2) is 53.4 Å². The maximum atomic E-state index is 12.8. The Morgan fingerprint density at radius 1 is 0.939 bits per heavy atom. The van der Waals surface area contributed by atoms with Crippen LogP contribution >= 0.6 is 0 Å². The smallest absolute Gasteiger partial charge is 0.253 e. The second kappa shape index (κ2) is 10.0. The lowest BCUT2D eigenvalue weighted by atomic mass is 10.1. The van der Waals surface area contributed by atoms with E-state index in [9.17, 15) is 18.0 Å². The predicted octanol–water partition coefficient (Wildman–Crippen LogP) is 2.29. The summed E-state index contributed by atoms with van der Waals surface area (Å²) < 4.78 is 27.7. The molecule has 2 N–H and O–H groups in total. The number of carbonyl (C=O) groups excluding carboxylic acids is 2. The van der Waals surface area contributed by atoms with E-state index in [1.165, 1.54) is 31.9 Å². The molecule has 33 heavy (non-hydrogen) atoms. The summed E-state index contributed by atoms with van der Waals surface area (Å²) >= 11 is 0. The number of anilines is 1. The van der Waals surface area contributed by atoms with E-state index in [4.69, 9.17) is 0 Å². The highest BCUT2D eigenvalue weighted by atomic mass is 32.2. The van der Waals surface area contributed by atoms with Gasteiger partial charge in [-0.05, 0) is 60.7 Å². The van der Waals surface area contributed by atoms with Crippen LogP contribution in [-0.4, -0.2) is 62.8 Å². The Morgan fingerprint density at radius 2 is 1.58 bits per heavy atom. The van der Waals surface area contributed by atoms with E-state index in [0.717, 1.165) is 44.2 Å². The molecule has 1 aliphatic heterocycles. The summed E-state index contributed by atoms with van der Waals surface area (Å²) in [5.41, 5.74) is 1.91. The summed E-state index contributed by atoms with van der Waals surface area (Å²) in [4.78, 5) is 28.4. The third-order valence-corrected chi connectivity index (χ3v) is 7.44. The summed E-state index contributed by atoms with van der Waals surface area (Å²) in [6.45, 7) is 6.00. The number of rotatable bonds is 8. The van der Waals surface area contributed by atoms with Crippen LogP contribution in [0.25, 0.3) is 0 Å². The maximum absolute atomic E-state index is 12.8. The van der Waals surface area contributed by atoms with E-state index in [-0.39, 0.29) is 23.3 Å². The molecule has 2 fully saturated rings. The Balaban J connectivity index is 1.29. The minimum atomic E-state index is -3.70. The molecule has 1 saturated carbocycles. The largest absolute Gasteiger partial charge is 0.336 e. The zero-order chi connectivity index (χ0) is 23.4. The van der Waals surface area contributed by atoms with Crippen molar-refractivity contribution in [1.82, 2.24) is 14.5 Å². The molecule has 9 heteroatoms. The zero-order valence-corrected chi connectivity index (χ0v) is 19.6. The predicted molar refractivity (Wildman–Crippen MR) is 126 cm³/mol. The Kier molecular flexibility index (Phi) is 7.11. The van der Waals surface area contributed by atoms with Crippen molar-refractivity contribution < 1.29 is 18.0 Å². The first kappa shape index (κ1) is 23.4. The number of nitrogens with one attached hydrogen (secondary N) is 2. The zero-order valence-electron chi connectivity index (χ0n) is 18.8.